The first-order valence-electron chi connectivity index (χ1n) is 5.90. The van der Waals surface area contributed by atoms with E-state index in [0.717, 1.165) is 37.7 Å². The van der Waals surface area contributed by atoms with E-state index >= 15 is 0 Å². The standard InChI is InChI=1S/C13H13N5O/c14-9-12(10-15)17-16-11-1-3-13(4-2-11)18-5-7-19-8-6-18/h1-4,16H,5-8H2. The Hall–Kier alpha value is -2.57. The van der Waals surface area contributed by atoms with Gasteiger partial charge >= 0.3 is 0 Å². The fourth-order valence-corrected chi connectivity index (χ4v) is 1.76. The average Bonchev–Trinajstić information content (AvgIpc) is 2.50. The van der Waals surface area contributed by atoms with Crippen molar-refractivity contribution in [2.45, 2.75) is 0 Å². The molecule has 0 spiro atoms. The van der Waals surface area contributed by atoms with Gasteiger partial charge in [0.15, 0.2) is 0 Å². The Bertz CT molecular complexity index is 516. The van der Waals surface area contributed by atoms with Gasteiger partial charge in [-0.15, -0.1) is 0 Å². The van der Waals surface area contributed by atoms with Crippen LogP contribution in [0.1, 0.15) is 0 Å². The molecule has 1 aromatic rings. The van der Waals surface area contributed by atoms with Crippen LogP contribution < -0.4 is 10.3 Å². The van der Waals surface area contributed by atoms with Crippen LogP contribution in [0.3, 0.4) is 0 Å². The summed E-state index contributed by atoms with van der Waals surface area (Å²) in [6.45, 7) is 3.27. The number of ether oxygens (including phenoxy) is 1. The Morgan fingerprint density at radius 3 is 2.37 bits per heavy atom. The van der Waals surface area contributed by atoms with E-state index in [4.69, 9.17) is 15.3 Å². The van der Waals surface area contributed by atoms with Crippen LogP contribution in [-0.2, 0) is 4.74 Å². The number of nitriles is 2. The maximum absolute atomic E-state index is 8.56. The zero-order valence-electron chi connectivity index (χ0n) is 10.3. The van der Waals surface area contributed by atoms with E-state index in [1.807, 2.05) is 24.3 Å². The van der Waals surface area contributed by atoms with Crippen molar-refractivity contribution in [3.05, 3.63) is 24.3 Å². The molecule has 0 unspecified atom stereocenters. The summed E-state index contributed by atoms with van der Waals surface area (Å²) < 4.78 is 5.30. The highest BCUT2D eigenvalue weighted by Gasteiger charge is 2.10. The minimum Gasteiger partial charge on any atom is -0.378 e. The monoisotopic (exact) mass is 255 g/mol. The largest absolute Gasteiger partial charge is 0.378 e. The molecule has 1 aromatic carbocycles. The van der Waals surface area contributed by atoms with Crippen molar-refractivity contribution < 1.29 is 4.74 Å². The molecular formula is C13H13N5O. The molecule has 2 rings (SSSR count). The highest BCUT2D eigenvalue weighted by atomic mass is 16.5. The molecule has 1 aliphatic heterocycles. The first-order valence-corrected chi connectivity index (χ1v) is 5.90. The predicted octanol–water partition coefficient (Wildman–Crippen LogP) is 1.34. The van der Waals surface area contributed by atoms with Gasteiger partial charge in [0.2, 0.25) is 5.71 Å². The topological polar surface area (TPSA) is 84.4 Å². The smallest absolute Gasteiger partial charge is 0.237 e. The molecule has 0 aromatic heterocycles. The molecule has 96 valence electrons. The Balaban J connectivity index is 2.01. The SMILES string of the molecule is N#CC(C#N)=NNc1ccc(N2CCOCC2)cc1. The molecule has 6 nitrogen and oxygen atoms in total. The zero-order chi connectivity index (χ0) is 13.5. The van der Waals surface area contributed by atoms with Crippen LogP contribution in [0.5, 0.6) is 0 Å². The van der Waals surface area contributed by atoms with E-state index < -0.39 is 0 Å². The minimum atomic E-state index is -0.197. The summed E-state index contributed by atoms with van der Waals surface area (Å²) in [7, 11) is 0. The van der Waals surface area contributed by atoms with Gasteiger partial charge in [-0.25, -0.2) is 0 Å². The van der Waals surface area contributed by atoms with Crippen molar-refractivity contribution in [2.24, 2.45) is 5.10 Å². The van der Waals surface area contributed by atoms with E-state index in [-0.39, 0.29) is 5.71 Å². The first-order chi connectivity index (χ1) is 9.33. The second-order valence-electron chi connectivity index (χ2n) is 3.94. The molecule has 1 fully saturated rings. The van der Waals surface area contributed by atoms with Crippen LogP contribution in [0.25, 0.3) is 0 Å². The summed E-state index contributed by atoms with van der Waals surface area (Å²) in [4.78, 5) is 2.24. The fraction of sp³-hybridized carbons (Fsp3) is 0.308. The number of hydrazone groups is 1. The molecule has 0 atom stereocenters. The second-order valence-corrected chi connectivity index (χ2v) is 3.94. The Kier molecular flexibility index (Phi) is 4.33. The fourth-order valence-electron chi connectivity index (χ4n) is 1.76. The van der Waals surface area contributed by atoms with Crippen LogP contribution in [0.15, 0.2) is 29.4 Å². The van der Waals surface area contributed by atoms with Gasteiger partial charge < -0.3 is 9.64 Å². The van der Waals surface area contributed by atoms with Gasteiger partial charge in [-0.3, -0.25) is 5.43 Å². The van der Waals surface area contributed by atoms with Crippen LogP contribution in [0.4, 0.5) is 11.4 Å². The molecule has 1 saturated heterocycles. The molecule has 0 aliphatic carbocycles. The maximum Gasteiger partial charge on any atom is 0.237 e. The molecule has 1 aliphatic rings. The van der Waals surface area contributed by atoms with Crippen molar-refractivity contribution >= 4 is 17.1 Å². The van der Waals surface area contributed by atoms with Gasteiger partial charge in [0, 0.05) is 18.8 Å². The lowest BCUT2D eigenvalue weighted by atomic mass is 10.2. The molecule has 1 heterocycles. The van der Waals surface area contributed by atoms with Crippen LogP contribution in [0.2, 0.25) is 0 Å². The molecule has 1 N–H and O–H groups in total. The lowest BCUT2D eigenvalue weighted by molar-refractivity contribution is 0.122. The summed E-state index contributed by atoms with van der Waals surface area (Å²) in [5.74, 6) is 0. The summed E-state index contributed by atoms with van der Waals surface area (Å²) in [6, 6.07) is 11.0. The van der Waals surface area contributed by atoms with Crippen LogP contribution >= 0.6 is 0 Å². The number of hydrogen-bond acceptors (Lipinski definition) is 6. The molecular weight excluding hydrogens is 242 g/mol. The van der Waals surface area contributed by atoms with Crippen LogP contribution in [-0.4, -0.2) is 32.0 Å². The van der Waals surface area contributed by atoms with Crippen molar-refractivity contribution in [2.75, 3.05) is 36.6 Å². The number of morpholine rings is 1. The summed E-state index contributed by atoms with van der Waals surface area (Å²) in [5.41, 5.74) is 4.34. The number of benzene rings is 1. The third kappa shape index (κ3) is 3.44. The van der Waals surface area contributed by atoms with Crippen LogP contribution in [0, 0.1) is 22.7 Å². The van der Waals surface area contributed by atoms with E-state index in [1.54, 1.807) is 12.1 Å². The Labute approximate surface area is 111 Å². The average molecular weight is 255 g/mol. The predicted molar refractivity (Wildman–Crippen MR) is 71.8 cm³/mol. The van der Waals surface area contributed by atoms with Crippen molar-refractivity contribution in [1.82, 2.24) is 0 Å². The highest BCUT2D eigenvalue weighted by molar-refractivity contribution is 6.10. The number of nitrogens with one attached hydrogen (secondary N) is 1. The van der Waals surface area contributed by atoms with Gasteiger partial charge in [-0.1, -0.05) is 0 Å². The van der Waals surface area contributed by atoms with E-state index in [1.165, 1.54) is 0 Å². The lowest BCUT2D eigenvalue weighted by Crippen LogP contribution is -2.36. The van der Waals surface area contributed by atoms with Crippen molar-refractivity contribution in [3.63, 3.8) is 0 Å². The number of rotatable bonds is 3. The van der Waals surface area contributed by atoms with Gasteiger partial charge in [0.25, 0.3) is 0 Å². The third-order valence-electron chi connectivity index (χ3n) is 2.75. The molecule has 19 heavy (non-hydrogen) atoms. The molecule has 0 bridgehead atoms. The Morgan fingerprint density at radius 2 is 1.79 bits per heavy atom. The number of hydrogen-bond donors (Lipinski definition) is 1. The maximum atomic E-state index is 8.56. The van der Waals surface area contributed by atoms with Crippen molar-refractivity contribution in [3.8, 4) is 12.1 Å². The van der Waals surface area contributed by atoms with Gasteiger partial charge in [0.1, 0.15) is 12.1 Å². The summed E-state index contributed by atoms with van der Waals surface area (Å²) >= 11 is 0. The highest BCUT2D eigenvalue weighted by Crippen LogP contribution is 2.18. The van der Waals surface area contributed by atoms with E-state index in [2.05, 4.69) is 15.4 Å². The van der Waals surface area contributed by atoms with Gasteiger partial charge in [-0.2, -0.15) is 15.6 Å². The minimum absolute atomic E-state index is 0.197. The normalized spacial score (nSPS) is 14.1. The Morgan fingerprint density at radius 1 is 1.16 bits per heavy atom. The zero-order valence-corrected chi connectivity index (χ0v) is 10.3. The van der Waals surface area contributed by atoms with Crippen molar-refractivity contribution in [1.29, 1.82) is 10.5 Å². The summed E-state index contributed by atoms with van der Waals surface area (Å²) in [6.07, 6.45) is 0. The molecule has 0 saturated carbocycles. The molecule has 0 amide bonds. The number of nitrogens with zero attached hydrogens (tertiary/aromatic N) is 4. The van der Waals surface area contributed by atoms with E-state index in [0.29, 0.717) is 0 Å². The van der Waals surface area contributed by atoms with Gasteiger partial charge in [0.05, 0.1) is 18.9 Å². The first kappa shape index (κ1) is 12.9. The lowest BCUT2D eigenvalue weighted by Gasteiger charge is -2.28. The molecule has 0 radical (unpaired) electrons. The number of anilines is 2. The van der Waals surface area contributed by atoms with E-state index in [9.17, 15) is 0 Å². The third-order valence-corrected chi connectivity index (χ3v) is 2.75. The second kappa shape index (κ2) is 6.39. The summed E-state index contributed by atoms with van der Waals surface area (Å²) in [5, 5.41) is 20.8. The van der Waals surface area contributed by atoms with Gasteiger partial charge in [-0.05, 0) is 24.3 Å². The molecule has 6 heteroatoms. The quantitative estimate of drug-likeness (QED) is 0.650.